The van der Waals surface area contributed by atoms with Gasteiger partial charge in [0.15, 0.2) is 0 Å². The van der Waals surface area contributed by atoms with E-state index in [4.69, 9.17) is 0 Å². The molecule has 3 rings (SSSR count). The van der Waals surface area contributed by atoms with Crippen LogP contribution in [-0.2, 0) is 5.41 Å². The van der Waals surface area contributed by atoms with Crippen LogP contribution in [0.1, 0.15) is 36.7 Å². The topological polar surface area (TPSA) is 56.4 Å². The zero-order valence-electron chi connectivity index (χ0n) is 15.1. The fourth-order valence-electron chi connectivity index (χ4n) is 3.06. The Morgan fingerprint density at radius 1 is 0.960 bits per heavy atom. The van der Waals surface area contributed by atoms with Crippen LogP contribution in [0.4, 0.5) is 5.69 Å². The Bertz CT molecular complexity index is 774. The van der Waals surface area contributed by atoms with Gasteiger partial charge in [0.2, 0.25) is 5.56 Å². The number of aromatic nitrogens is 1. The molecule has 5 nitrogen and oxygen atoms in total. The number of hydrogen-bond donors (Lipinski definition) is 1. The van der Waals surface area contributed by atoms with Gasteiger partial charge < -0.3 is 14.8 Å². The van der Waals surface area contributed by atoms with Crippen LogP contribution in [-0.4, -0.2) is 42.0 Å². The van der Waals surface area contributed by atoms with Crippen molar-refractivity contribution in [2.75, 3.05) is 31.1 Å². The summed E-state index contributed by atoms with van der Waals surface area (Å²) >= 11 is 0. The third-order valence-electron chi connectivity index (χ3n) is 4.70. The van der Waals surface area contributed by atoms with Gasteiger partial charge >= 0.3 is 0 Å². The van der Waals surface area contributed by atoms with E-state index in [-0.39, 0.29) is 16.9 Å². The molecule has 0 radical (unpaired) electrons. The number of piperazine rings is 1. The number of amides is 1. The molecule has 2 aromatic rings. The van der Waals surface area contributed by atoms with Gasteiger partial charge in [0.25, 0.3) is 5.91 Å². The fourth-order valence-corrected chi connectivity index (χ4v) is 3.06. The van der Waals surface area contributed by atoms with Crippen LogP contribution < -0.4 is 10.5 Å². The predicted octanol–water partition coefficient (Wildman–Crippen LogP) is 2.63. The van der Waals surface area contributed by atoms with E-state index in [0.29, 0.717) is 13.1 Å². The van der Waals surface area contributed by atoms with E-state index in [1.165, 1.54) is 11.6 Å². The normalized spacial score (nSPS) is 15.3. The highest BCUT2D eigenvalue weighted by Gasteiger charge is 2.23. The fraction of sp³-hybridized carbons (Fsp3) is 0.400. The molecule has 1 saturated heterocycles. The molecule has 0 bridgehead atoms. The average molecular weight is 339 g/mol. The molecule has 0 saturated carbocycles. The lowest BCUT2D eigenvalue weighted by molar-refractivity contribution is 0.0746. The largest absolute Gasteiger partial charge is 0.367 e. The van der Waals surface area contributed by atoms with Gasteiger partial charge in [-0.2, -0.15) is 0 Å². The summed E-state index contributed by atoms with van der Waals surface area (Å²) in [5, 5.41) is 0. The van der Waals surface area contributed by atoms with Crippen molar-refractivity contribution < 1.29 is 4.79 Å². The number of hydrogen-bond acceptors (Lipinski definition) is 3. The second-order valence-electron chi connectivity index (χ2n) is 7.52. The van der Waals surface area contributed by atoms with Crippen LogP contribution >= 0.6 is 0 Å². The van der Waals surface area contributed by atoms with Crippen molar-refractivity contribution in [3.05, 3.63) is 64.1 Å². The molecule has 5 heteroatoms. The van der Waals surface area contributed by atoms with Gasteiger partial charge in [0, 0.05) is 44.0 Å². The Balaban J connectivity index is 1.63. The molecule has 25 heavy (non-hydrogen) atoms. The lowest BCUT2D eigenvalue weighted by atomic mass is 9.86. The van der Waals surface area contributed by atoms with Crippen molar-refractivity contribution in [2.45, 2.75) is 26.2 Å². The van der Waals surface area contributed by atoms with Crippen molar-refractivity contribution in [3.8, 4) is 0 Å². The minimum Gasteiger partial charge on any atom is -0.367 e. The number of anilines is 1. The third kappa shape index (κ3) is 3.92. The standard InChI is InChI=1S/C20H25N3O2/c1-20(2,3)16-6-4-15(5-7-16)19(25)23-12-10-22(11-13-23)17-8-9-18(24)21-14-17/h4-9,14H,10-13H2,1-3H3,(H,21,24). The molecule has 0 atom stereocenters. The molecule has 1 N–H and O–H groups in total. The highest BCUT2D eigenvalue weighted by molar-refractivity contribution is 5.94. The van der Waals surface area contributed by atoms with E-state index in [1.807, 2.05) is 35.2 Å². The van der Waals surface area contributed by atoms with E-state index in [9.17, 15) is 9.59 Å². The molecule has 132 valence electrons. The van der Waals surface area contributed by atoms with Gasteiger partial charge in [0.1, 0.15) is 0 Å². The average Bonchev–Trinajstić information content (AvgIpc) is 2.61. The minimum atomic E-state index is -0.101. The number of rotatable bonds is 2. The molecular formula is C20H25N3O2. The lowest BCUT2D eigenvalue weighted by Crippen LogP contribution is -2.48. The van der Waals surface area contributed by atoms with Crippen molar-refractivity contribution in [1.82, 2.24) is 9.88 Å². The quantitative estimate of drug-likeness (QED) is 0.915. The summed E-state index contributed by atoms with van der Waals surface area (Å²) in [6, 6.07) is 11.3. The molecule has 1 aliphatic heterocycles. The van der Waals surface area contributed by atoms with Crippen molar-refractivity contribution in [1.29, 1.82) is 0 Å². The molecule has 1 amide bonds. The van der Waals surface area contributed by atoms with Crippen LogP contribution in [0.15, 0.2) is 47.4 Å². The number of pyridine rings is 1. The Morgan fingerprint density at radius 2 is 1.60 bits per heavy atom. The van der Waals surface area contributed by atoms with Crippen molar-refractivity contribution >= 4 is 11.6 Å². The molecule has 1 aliphatic rings. The van der Waals surface area contributed by atoms with Gasteiger partial charge in [-0.25, -0.2) is 0 Å². The lowest BCUT2D eigenvalue weighted by Gasteiger charge is -2.36. The third-order valence-corrected chi connectivity index (χ3v) is 4.70. The molecule has 1 aromatic carbocycles. The van der Waals surface area contributed by atoms with E-state index < -0.39 is 0 Å². The Hall–Kier alpha value is -2.56. The van der Waals surface area contributed by atoms with Crippen LogP contribution in [0, 0.1) is 0 Å². The van der Waals surface area contributed by atoms with Crippen LogP contribution in [0.25, 0.3) is 0 Å². The maximum atomic E-state index is 12.7. The van der Waals surface area contributed by atoms with Crippen LogP contribution in [0.2, 0.25) is 0 Å². The summed E-state index contributed by atoms with van der Waals surface area (Å²) in [6.07, 6.45) is 1.73. The molecule has 0 unspecified atom stereocenters. The first kappa shape index (κ1) is 17.3. The van der Waals surface area contributed by atoms with Gasteiger partial charge in [-0.1, -0.05) is 32.9 Å². The Labute approximate surface area is 148 Å². The molecule has 0 spiro atoms. The predicted molar refractivity (Wildman–Crippen MR) is 100 cm³/mol. The second kappa shape index (κ2) is 6.75. The SMILES string of the molecule is CC(C)(C)c1ccc(C(=O)N2CCN(c3ccc(=O)[nH]c3)CC2)cc1. The first-order valence-corrected chi connectivity index (χ1v) is 8.68. The molecular weight excluding hydrogens is 314 g/mol. The molecule has 0 aliphatic carbocycles. The number of carbonyl (C=O) groups is 1. The van der Waals surface area contributed by atoms with Crippen LogP contribution in [0.5, 0.6) is 0 Å². The maximum Gasteiger partial charge on any atom is 0.253 e. The zero-order chi connectivity index (χ0) is 18.0. The summed E-state index contributed by atoms with van der Waals surface area (Å²) in [4.78, 5) is 30.6. The summed E-state index contributed by atoms with van der Waals surface area (Å²) in [7, 11) is 0. The number of H-pyrrole nitrogens is 1. The Morgan fingerprint density at radius 3 is 2.12 bits per heavy atom. The number of aromatic amines is 1. The highest BCUT2D eigenvalue weighted by atomic mass is 16.2. The summed E-state index contributed by atoms with van der Waals surface area (Å²) in [6.45, 7) is 9.38. The van der Waals surface area contributed by atoms with E-state index >= 15 is 0 Å². The van der Waals surface area contributed by atoms with Gasteiger partial charge in [-0.3, -0.25) is 9.59 Å². The van der Waals surface area contributed by atoms with Gasteiger partial charge in [-0.15, -0.1) is 0 Å². The smallest absolute Gasteiger partial charge is 0.253 e. The molecule has 1 fully saturated rings. The minimum absolute atomic E-state index is 0.0848. The van der Waals surface area contributed by atoms with E-state index in [0.717, 1.165) is 24.3 Å². The first-order valence-electron chi connectivity index (χ1n) is 8.68. The number of nitrogens with one attached hydrogen (secondary N) is 1. The van der Waals surface area contributed by atoms with E-state index in [1.54, 1.807) is 6.20 Å². The summed E-state index contributed by atoms with van der Waals surface area (Å²) < 4.78 is 0. The molecule has 1 aromatic heterocycles. The second-order valence-corrected chi connectivity index (χ2v) is 7.52. The van der Waals surface area contributed by atoms with Crippen molar-refractivity contribution in [3.63, 3.8) is 0 Å². The first-order chi connectivity index (χ1) is 11.8. The van der Waals surface area contributed by atoms with Crippen molar-refractivity contribution in [2.24, 2.45) is 0 Å². The summed E-state index contributed by atoms with van der Waals surface area (Å²) in [5.41, 5.74) is 2.94. The number of benzene rings is 1. The highest BCUT2D eigenvalue weighted by Crippen LogP contribution is 2.23. The van der Waals surface area contributed by atoms with Crippen LogP contribution in [0.3, 0.4) is 0 Å². The number of nitrogens with zero attached hydrogens (tertiary/aromatic N) is 2. The maximum absolute atomic E-state index is 12.7. The summed E-state index contributed by atoms with van der Waals surface area (Å²) in [5.74, 6) is 0.0848. The van der Waals surface area contributed by atoms with E-state index in [2.05, 4.69) is 30.7 Å². The number of carbonyl (C=O) groups excluding carboxylic acids is 1. The zero-order valence-corrected chi connectivity index (χ0v) is 15.1. The molecule has 2 heterocycles. The monoisotopic (exact) mass is 339 g/mol. The van der Waals surface area contributed by atoms with Gasteiger partial charge in [0.05, 0.1) is 5.69 Å². The Kier molecular flexibility index (Phi) is 4.66. The van der Waals surface area contributed by atoms with Gasteiger partial charge in [-0.05, 0) is 29.2 Å².